The van der Waals surface area contributed by atoms with Crippen molar-refractivity contribution in [3.05, 3.63) is 53.4 Å². The minimum atomic E-state index is -0.735. The predicted molar refractivity (Wildman–Crippen MR) is 117 cm³/mol. The molecule has 3 aromatic rings. The summed E-state index contributed by atoms with van der Waals surface area (Å²) in [4.78, 5) is 25.7. The molecule has 1 aliphatic heterocycles. The Balaban J connectivity index is 1.65. The molecule has 1 aromatic carbocycles. The summed E-state index contributed by atoms with van der Waals surface area (Å²) in [7, 11) is 2.05. The average molecular weight is 441 g/mol. The van der Waals surface area contributed by atoms with E-state index in [1.165, 1.54) is 0 Å². The molecule has 1 saturated heterocycles. The van der Waals surface area contributed by atoms with E-state index in [1.807, 2.05) is 19.9 Å². The molecule has 10 heteroatoms. The van der Waals surface area contributed by atoms with Crippen LogP contribution in [0.4, 0.5) is 14.6 Å². The number of benzene rings is 1. The van der Waals surface area contributed by atoms with Crippen LogP contribution in [0.2, 0.25) is 0 Å². The number of rotatable bonds is 5. The van der Waals surface area contributed by atoms with E-state index in [1.54, 1.807) is 10.7 Å². The Bertz CT molecular complexity index is 1120. The quantitative estimate of drug-likeness (QED) is 0.655. The summed E-state index contributed by atoms with van der Waals surface area (Å²) < 4.78 is 29.2. The fourth-order valence-corrected chi connectivity index (χ4v) is 3.67. The second-order valence-corrected chi connectivity index (χ2v) is 8.06. The molecule has 8 nitrogen and oxygen atoms in total. The highest BCUT2D eigenvalue weighted by Gasteiger charge is 2.18. The fourth-order valence-electron chi connectivity index (χ4n) is 3.67. The van der Waals surface area contributed by atoms with Gasteiger partial charge in [-0.3, -0.25) is 9.69 Å². The van der Waals surface area contributed by atoms with Gasteiger partial charge < -0.3 is 10.2 Å². The minimum Gasteiger partial charge on any atom is -0.309 e. The number of carbonyl (C=O) groups excluding carboxylic acids is 1. The topological polar surface area (TPSA) is 79.2 Å². The van der Waals surface area contributed by atoms with Crippen LogP contribution in [0.25, 0.3) is 17.2 Å². The lowest BCUT2D eigenvalue weighted by molar-refractivity contribution is -0.117. The molecular formula is C22H25F2N7O. The molecule has 1 amide bonds. The fraction of sp³-hybridized carbons (Fsp3) is 0.364. The first-order valence-electron chi connectivity index (χ1n) is 10.4. The Kier molecular flexibility index (Phi) is 6.24. The van der Waals surface area contributed by atoms with E-state index in [0.29, 0.717) is 5.82 Å². The van der Waals surface area contributed by atoms with Gasteiger partial charge in [-0.2, -0.15) is 5.10 Å². The molecule has 0 saturated carbocycles. The van der Waals surface area contributed by atoms with Crippen molar-refractivity contribution in [3.63, 3.8) is 0 Å². The van der Waals surface area contributed by atoms with E-state index in [4.69, 9.17) is 0 Å². The molecule has 1 N–H and O–H groups in total. The Morgan fingerprint density at radius 1 is 1.00 bits per heavy atom. The number of piperazine rings is 1. The van der Waals surface area contributed by atoms with E-state index >= 15 is 0 Å². The van der Waals surface area contributed by atoms with Gasteiger partial charge in [0.25, 0.3) is 0 Å². The smallest absolute Gasteiger partial charge is 0.239 e. The maximum atomic E-state index is 13.8. The lowest BCUT2D eigenvalue weighted by Gasteiger charge is -2.31. The van der Waals surface area contributed by atoms with Crippen LogP contribution in [0, 0.1) is 25.5 Å². The van der Waals surface area contributed by atoms with Crippen LogP contribution in [0.5, 0.6) is 0 Å². The monoisotopic (exact) mass is 441 g/mol. The summed E-state index contributed by atoms with van der Waals surface area (Å²) in [5.41, 5.74) is 1.79. The van der Waals surface area contributed by atoms with Gasteiger partial charge >= 0.3 is 0 Å². The van der Waals surface area contributed by atoms with Crippen molar-refractivity contribution < 1.29 is 13.6 Å². The predicted octanol–water partition coefficient (Wildman–Crippen LogP) is 2.41. The first-order chi connectivity index (χ1) is 15.3. The van der Waals surface area contributed by atoms with E-state index in [0.717, 1.165) is 55.8 Å². The van der Waals surface area contributed by atoms with Crippen molar-refractivity contribution in [2.24, 2.45) is 0 Å². The number of amides is 1. The standard InChI is InChI=1S/C22H25F2N7O/c1-14-8-15(2)31(28-14)20-12-19(25-21(32)13-30-6-4-29(3)5-7-30)26-22(27-20)16-9-17(23)11-18(24)10-16/h8-12H,4-7,13H2,1-3H3,(H,25,26,27,32). The van der Waals surface area contributed by atoms with Gasteiger partial charge in [0.05, 0.1) is 12.2 Å². The highest BCUT2D eigenvalue weighted by molar-refractivity contribution is 5.91. The number of aromatic nitrogens is 4. The van der Waals surface area contributed by atoms with Crippen LogP contribution in [-0.2, 0) is 4.79 Å². The highest BCUT2D eigenvalue weighted by Crippen LogP contribution is 2.23. The number of aryl methyl sites for hydroxylation is 2. The lowest BCUT2D eigenvalue weighted by atomic mass is 10.2. The molecular weight excluding hydrogens is 416 g/mol. The van der Waals surface area contributed by atoms with Crippen molar-refractivity contribution in [2.75, 3.05) is 45.1 Å². The van der Waals surface area contributed by atoms with Gasteiger partial charge in [-0.05, 0) is 39.1 Å². The van der Waals surface area contributed by atoms with Crippen molar-refractivity contribution in [3.8, 4) is 17.2 Å². The van der Waals surface area contributed by atoms with Crippen molar-refractivity contribution in [1.29, 1.82) is 0 Å². The van der Waals surface area contributed by atoms with E-state index in [9.17, 15) is 13.6 Å². The number of hydrogen-bond donors (Lipinski definition) is 1. The molecule has 0 aliphatic carbocycles. The molecule has 0 spiro atoms. The van der Waals surface area contributed by atoms with Gasteiger partial charge in [0, 0.05) is 49.6 Å². The first kappa shape index (κ1) is 22.0. The van der Waals surface area contributed by atoms with Crippen molar-refractivity contribution in [2.45, 2.75) is 13.8 Å². The van der Waals surface area contributed by atoms with Gasteiger partial charge in [0.2, 0.25) is 5.91 Å². The number of anilines is 1. The van der Waals surface area contributed by atoms with E-state index in [2.05, 4.69) is 37.2 Å². The number of hydrogen-bond acceptors (Lipinski definition) is 6. The number of nitrogens with one attached hydrogen (secondary N) is 1. The summed E-state index contributed by atoms with van der Waals surface area (Å²) in [5.74, 6) is -0.977. The van der Waals surface area contributed by atoms with Crippen LogP contribution in [0.1, 0.15) is 11.4 Å². The number of halogens is 2. The SMILES string of the molecule is Cc1cc(C)n(-c2cc(NC(=O)CN3CCN(C)CC3)nc(-c3cc(F)cc(F)c3)n2)n1. The third-order valence-electron chi connectivity index (χ3n) is 5.29. The normalized spacial score (nSPS) is 15.2. The molecule has 0 unspecified atom stereocenters. The van der Waals surface area contributed by atoms with Crippen molar-refractivity contribution in [1.82, 2.24) is 29.5 Å². The zero-order valence-corrected chi connectivity index (χ0v) is 18.3. The maximum absolute atomic E-state index is 13.8. The molecule has 0 bridgehead atoms. The molecule has 2 aromatic heterocycles. The second-order valence-electron chi connectivity index (χ2n) is 8.06. The van der Waals surface area contributed by atoms with Crippen LogP contribution in [0.3, 0.4) is 0 Å². The first-order valence-corrected chi connectivity index (χ1v) is 10.4. The number of nitrogens with zero attached hydrogens (tertiary/aromatic N) is 6. The van der Waals surface area contributed by atoms with Crippen LogP contribution < -0.4 is 5.32 Å². The summed E-state index contributed by atoms with van der Waals surface area (Å²) in [6, 6.07) is 6.57. The number of likely N-dealkylation sites (N-methyl/N-ethyl adjacent to an activating group) is 1. The molecule has 1 aliphatic rings. The van der Waals surface area contributed by atoms with E-state index < -0.39 is 11.6 Å². The summed E-state index contributed by atoms with van der Waals surface area (Å²) in [5, 5.41) is 7.23. The second kappa shape index (κ2) is 9.09. The molecule has 1 fully saturated rings. The van der Waals surface area contributed by atoms with Crippen LogP contribution in [-0.4, -0.2) is 75.2 Å². The third kappa shape index (κ3) is 5.14. The highest BCUT2D eigenvalue weighted by atomic mass is 19.1. The molecule has 168 valence electrons. The molecule has 0 atom stereocenters. The Morgan fingerprint density at radius 2 is 1.69 bits per heavy atom. The maximum Gasteiger partial charge on any atom is 0.239 e. The largest absolute Gasteiger partial charge is 0.309 e. The molecule has 0 radical (unpaired) electrons. The zero-order valence-electron chi connectivity index (χ0n) is 18.3. The zero-order chi connectivity index (χ0) is 22.8. The van der Waals surface area contributed by atoms with Crippen LogP contribution >= 0.6 is 0 Å². The van der Waals surface area contributed by atoms with Gasteiger partial charge in [-0.15, -0.1) is 0 Å². The average Bonchev–Trinajstić information content (AvgIpc) is 3.07. The lowest BCUT2D eigenvalue weighted by Crippen LogP contribution is -2.47. The minimum absolute atomic E-state index is 0.0864. The van der Waals surface area contributed by atoms with Gasteiger partial charge in [-0.1, -0.05) is 0 Å². The Labute approximate surface area is 184 Å². The molecule has 3 heterocycles. The Morgan fingerprint density at radius 3 is 2.31 bits per heavy atom. The van der Waals surface area contributed by atoms with Crippen molar-refractivity contribution >= 4 is 11.7 Å². The molecule has 4 rings (SSSR count). The van der Waals surface area contributed by atoms with Gasteiger partial charge in [0.15, 0.2) is 11.6 Å². The summed E-state index contributed by atoms with van der Waals surface area (Å²) in [6.45, 7) is 7.37. The molecule has 32 heavy (non-hydrogen) atoms. The van der Waals surface area contributed by atoms with Gasteiger partial charge in [-0.25, -0.2) is 23.4 Å². The van der Waals surface area contributed by atoms with E-state index in [-0.39, 0.29) is 29.7 Å². The summed E-state index contributed by atoms with van der Waals surface area (Å²) in [6.07, 6.45) is 0. The van der Waals surface area contributed by atoms with Crippen LogP contribution in [0.15, 0.2) is 30.3 Å². The number of carbonyl (C=O) groups is 1. The van der Waals surface area contributed by atoms with Gasteiger partial charge in [0.1, 0.15) is 17.5 Å². The third-order valence-corrected chi connectivity index (χ3v) is 5.29. The Hall–Kier alpha value is -3.24. The summed E-state index contributed by atoms with van der Waals surface area (Å²) >= 11 is 0.